The maximum absolute atomic E-state index is 12.1. The molecule has 1 amide bonds. The molecule has 1 aromatic carbocycles. The topological polar surface area (TPSA) is 46.9 Å². The Kier molecular flexibility index (Phi) is 3.29. The van der Waals surface area contributed by atoms with Crippen LogP contribution >= 0.6 is 0 Å². The molecule has 2 aliphatic rings. The third kappa shape index (κ3) is 2.25. The number of carbonyl (C=O) groups is 1. The van der Waals surface area contributed by atoms with E-state index in [0.717, 1.165) is 54.6 Å². The second kappa shape index (κ2) is 5.44. The Morgan fingerprint density at radius 2 is 2.18 bits per heavy atom. The molecule has 0 spiro atoms. The normalized spacial score (nSPS) is 17.3. The highest BCUT2D eigenvalue weighted by Crippen LogP contribution is 2.24. The van der Waals surface area contributed by atoms with Gasteiger partial charge in [0.15, 0.2) is 0 Å². The lowest BCUT2D eigenvalue weighted by atomic mass is 10.0. The molecule has 2 aromatic rings. The van der Waals surface area contributed by atoms with Gasteiger partial charge >= 0.3 is 0 Å². The van der Waals surface area contributed by atoms with E-state index in [1.54, 1.807) is 0 Å². The van der Waals surface area contributed by atoms with Crippen LogP contribution < -0.4 is 5.32 Å². The number of carbonyl (C=O) groups excluding carboxylic acids is 1. The van der Waals surface area contributed by atoms with E-state index in [0.29, 0.717) is 6.54 Å². The number of aryl methyl sites for hydroxylation is 1. The van der Waals surface area contributed by atoms with Gasteiger partial charge in [-0.3, -0.25) is 4.79 Å². The van der Waals surface area contributed by atoms with Crippen LogP contribution in [0.4, 0.5) is 0 Å². The van der Waals surface area contributed by atoms with Crippen molar-refractivity contribution in [1.82, 2.24) is 14.9 Å². The van der Waals surface area contributed by atoms with E-state index in [1.807, 2.05) is 18.2 Å². The van der Waals surface area contributed by atoms with E-state index in [-0.39, 0.29) is 5.91 Å². The first-order valence-corrected chi connectivity index (χ1v) is 7.95. The number of hydrogen-bond donors (Lipinski definition) is 1. The number of nitrogens with one attached hydrogen (secondary N) is 1. The minimum Gasteiger partial charge on any atom is -0.350 e. The number of imidazole rings is 1. The number of aromatic nitrogens is 2. The fraction of sp³-hybridized carbons (Fsp3) is 0.333. The molecule has 4 heteroatoms. The Balaban J connectivity index is 1.71. The second-order valence-electron chi connectivity index (χ2n) is 5.87. The molecule has 1 aromatic heterocycles. The Hall–Kier alpha value is -2.36. The van der Waals surface area contributed by atoms with Crippen LogP contribution in [0.15, 0.2) is 42.0 Å². The largest absolute Gasteiger partial charge is 0.350 e. The van der Waals surface area contributed by atoms with Crippen molar-refractivity contribution in [3.63, 3.8) is 0 Å². The summed E-state index contributed by atoms with van der Waals surface area (Å²) in [6.07, 6.45) is 11.0. The first-order valence-electron chi connectivity index (χ1n) is 7.95. The van der Waals surface area contributed by atoms with Gasteiger partial charge in [0, 0.05) is 19.5 Å². The Labute approximate surface area is 129 Å². The van der Waals surface area contributed by atoms with E-state index in [4.69, 9.17) is 4.98 Å². The van der Waals surface area contributed by atoms with E-state index < -0.39 is 0 Å². The van der Waals surface area contributed by atoms with Gasteiger partial charge in [-0.25, -0.2) is 4.98 Å². The van der Waals surface area contributed by atoms with Crippen molar-refractivity contribution in [3.8, 4) is 0 Å². The number of para-hydroxylation sites is 1. The summed E-state index contributed by atoms with van der Waals surface area (Å²) in [4.78, 5) is 16.9. The van der Waals surface area contributed by atoms with Crippen LogP contribution in [0.5, 0.6) is 0 Å². The molecular weight excluding hydrogens is 274 g/mol. The fourth-order valence-corrected chi connectivity index (χ4v) is 3.33. The summed E-state index contributed by atoms with van der Waals surface area (Å²) < 4.78 is 2.22. The molecule has 22 heavy (non-hydrogen) atoms. The van der Waals surface area contributed by atoms with E-state index >= 15 is 0 Å². The molecular formula is C18H19N3O. The van der Waals surface area contributed by atoms with Gasteiger partial charge < -0.3 is 9.88 Å². The lowest BCUT2D eigenvalue weighted by molar-refractivity contribution is 0.0956. The van der Waals surface area contributed by atoms with Crippen LogP contribution in [0.2, 0.25) is 0 Å². The fourth-order valence-electron chi connectivity index (χ4n) is 3.33. The summed E-state index contributed by atoms with van der Waals surface area (Å²) in [5, 5.41) is 2.96. The summed E-state index contributed by atoms with van der Waals surface area (Å²) in [5.41, 5.74) is 4.05. The highest BCUT2D eigenvalue weighted by molar-refractivity contribution is 6.05. The van der Waals surface area contributed by atoms with Crippen molar-refractivity contribution in [2.75, 3.05) is 6.54 Å². The number of nitrogens with zero attached hydrogens (tertiary/aromatic N) is 2. The third-order valence-corrected chi connectivity index (χ3v) is 4.42. The van der Waals surface area contributed by atoms with Crippen LogP contribution in [-0.4, -0.2) is 22.0 Å². The SMILES string of the molecule is O=C1NCCn2c(CCC3=CCCC=C3)nc3cccc1c32. The first kappa shape index (κ1) is 13.3. The van der Waals surface area contributed by atoms with Gasteiger partial charge in [0.2, 0.25) is 0 Å². The molecule has 0 atom stereocenters. The van der Waals surface area contributed by atoms with Crippen molar-refractivity contribution < 1.29 is 4.79 Å². The summed E-state index contributed by atoms with van der Waals surface area (Å²) in [7, 11) is 0. The Morgan fingerprint density at radius 1 is 1.23 bits per heavy atom. The van der Waals surface area contributed by atoms with E-state index in [1.165, 1.54) is 5.57 Å². The van der Waals surface area contributed by atoms with Gasteiger partial charge in [0.25, 0.3) is 5.91 Å². The molecule has 0 bridgehead atoms. The predicted molar refractivity (Wildman–Crippen MR) is 86.8 cm³/mol. The molecule has 0 saturated carbocycles. The lowest BCUT2D eigenvalue weighted by Crippen LogP contribution is -2.24. The quantitative estimate of drug-likeness (QED) is 0.945. The summed E-state index contributed by atoms with van der Waals surface area (Å²) in [5.74, 6) is 1.09. The van der Waals surface area contributed by atoms with Crippen molar-refractivity contribution >= 4 is 16.9 Å². The van der Waals surface area contributed by atoms with E-state index in [2.05, 4.69) is 28.1 Å². The second-order valence-corrected chi connectivity index (χ2v) is 5.87. The van der Waals surface area contributed by atoms with Crippen LogP contribution in [0.1, 0.15) is 35.4 Å². The molecule has 2 heterocycles. The number of allylic oxidation sites excluding steroid dienone is 4. The molecule has 0 unspecified atom stereocenters. The Bertz CT molecular complexity index is 798. The monoisotopic (exact) mass is 293 g/mol. The third-order valence-electron chi connectivity index (χ3n) is 4.42. The van der Waals surface area contributed by atoms with Crippen molar-refractivity contribution in [2.45, 2.75) is 32.2 Å². The molecule has 4 nitrogen and oxygen atoms in total. The van der Waals surface area contributed by atoms with Gasteiger partial charge in [0.1, 0.15) is 5.82 Å². The van der Waals surface area contributed by atoms with Crippen molar-refractivity contribution in [1.29, 1.82) is 0 Å². The standard InChI is InChI=1S/C18H19N3O/c22-18-14-7-4-8-15-17(14)21(12-11-19-18)16(20-15)10-9-13-5-2-1-3-6-13/h2,4-8H,1,3,9-12H2,(H,19,22). The van der Waals surface area contributed by atoms with Crippen LogP contribution in [0, 0.1) is 0 Å². The van der Waals surface area contributed by atoms with Crippen molar-refractivity contribution in [3.05, 3.63) is 53.4 Å². The number of benzene rings is 1. The zero-order valence-corrected chi connectivity index (χ0v) is 12.5. The lowest BCUT2D eigenvalue weighted by Gasteiger charge is -2.09. The van der Waals surface area contributed by atoms with Gasteiger partial charge in [0.05, 0.1) is 16.6 Å². The number of hydrogen-bond acceptors (Lipinski definition) is 2. The van der Waals surface area contributed by atoms with Gasteiger partial charge in [-0.15, -0.1) is 0 Å². The summed E-state index contributed by atoms with van der Waals surface area (Å²) in [6.45, 7) is 1.46. The Morgan fingerprint density at radius 3 is 3.05 bits per heavy atom. The molecule has 112 valence electrons. The molecule has 1 N–H and O–H groups in total. The summed E-state index contributed by atoms with van der Waals surface area (Å²) >= 11 is 0. The number of rotatable bonds is 3. The van der Waals surface area contributed by atoms with Crippen molar-refractivity contribution in [2.24, 2.45) is 0 Å². The van der Waals surface area contributed by atoms with Crippen LogP contribution in [0.3, 0.4) is 0 Å². The summed E-state index contributed by atoms with van der Waals surface area (Å²) in [6, 6.07) is 5.80. The average Bonchev–Trinajstić information content (AvgIpc) is 2.82. The predicted octanol–water partition coefficient (Wildman–Crippen LogP) is 2.99. The zero-order chi connectivity index (χ0) is 14.9. The zero-order valence-electron chi connectivity index (χ0n) is 12.5. The van der Waals surface area contributed by atoms with Crippen LogP contribution in [0.25, 0.3) is 11.0 Å². The molecule has 1 aliphatic carbocycles. The minimum atomic E-state index is 0.00808. The van der Waals surface area contributed by atoms with Gasteiger partial charge in [-0.05, 0) is 31.4 Å². The highest BCUT2D eigenvalue weighted by atomic mass is 16.1. The van der Waals surface area contributed by atoms with Gasteiger partial charge in [-0.2, -0.15) is 0 Å². The van der Waals surface area contributed by atoms with E-state index in [9.17, 15) is 4.79 Å². The highest BCUT2D eigenvalue weighted by Gasteiger charge is 2.20. The maximum Gasteiger partial charge on any atom is 0.253 e. The van der Waals surface area contributed by atoms with Crippen LogP contribution in [-0.2, 0) is 13.0 Å². The average molecular weight is 293 g/mol. The maximum atomic E-state index is 12.1. The molecule has 0 radical (unpaired) electrons. The van der Waals surface area contributed by atoms with Gasteiger partial charge in [-0.1, -0.05) is 29.9 Å². The molecule has 0 fully saturated rings. The first-order chi connectivity index (χ1) is 10.8. The molecule has 0 saturated heterocycles. The number of amides is 1. The smallest absolute Gasteiger partial charge is 0.253 e. The molecule has 1 aliphatic heterocycles. The minimum absolute atomic E-state index is 0.00808. The molecule has 4 rings (SSSR count).